The Labute approximate surface area is 164 Å². The third-order valence-electron chi connectivity index (χ3n) is 4.27. The van der Waals surface area contributed by atoms with Crippen molar-refractivity contribution in [3.63, 3.8) is 0 Å². The summed E-state index contributed by atoms with van der Waals surface area (Å²) < 4.78 is 17.5. The van der Waals surface area contributed by atoms with Gasteiger partial charge in [-0.3, -0.25) is 4.40 Å². The van der Waals surface area contributed by atoms with E-state index in [4.69, 9.17) is 4.98 Å². The first-order chi connectivity index (χ1) is 11.6. The third-order valence-corrected chi connectivity index (χ3v) is 4.27. The molecule has 2 heterocycles. The van der Waals surface area contributed by atoms with Crippen molar-refractivity contribution in [3.8, 4) is 11.3 Å². The lowest BCUT2D eigenvalue weighted by Crippen LogP contribution is -2.18. The van der Waals surface area contributed by atoms with Crippen molar-refractivity contribution < 1.29 is 4.39 Å². The number of nitrogens with zero attached hydrogens (tertiary/aromatic N) is 4. The molecule has 7 heteroatoms. The van der Waals surface area contributed by atoms with Crippen molar-refractivity contribution in [2.24, 2.45) is 0 Å². The molecule has 0 aliphatic carbocycles. The van der Waals surface area contributed by atoms with Crippen molar-refractivity contribution in [1.82, 2.24) is 18.9 Å². The van der Waals surface area contributed by atoms with Crippen LogP contribution in [0.25, 0.3) is 28.1 Å². The Kier molecular flexibility index (Phi) is 6.29. The van der Waals surface area contributed by atoms with E-state index >= 15 is 0 Å². The Bertz CT molecular complexity index is 1010. The molecule has 2 aromatic carbocycles. The molecular formula is C19H21Cl2FN4. The first kappa shape index (κ1) is 20.2. The van der Waals surface area contributed by atoms with Gasteiger partial charge in [-0.1, -0.05) is 12.1 Å². The van der Waals surface area contributed by atoms with E-state index in [9.17, 15) is 4.39 Å². The predicted octanol–water partition coefficient (Wildman–Crippen LogP) is 4.50. The molecule has 0 saturated carbocycles. The summed E-state index contributed by atoms with van der Waals surface area (Å²) in [5.41, 5.74) is 4.08. The van der Waals surface area contributed by atoms with Gasteiger partial charge in [-0.25, -0.2) is 9.37 Å². The number of rotatable bonds is 4. The van der Waals surface area contributed by atoms with E-state index in [1.54, 1.807) is 12.1 Å². The smallest absolute Gasteiger partial charge is 0.215 e. The van der Waals surface area contributed by atoms with Crippen LogP contribution in [-0.2, 0) is 6.54 Å². The fourth-order valence-electron chi connectivity index (χ4n) is 3.02. The van der Waals surface area contributed by atoms with E-state index < -0.39 is 0 Å². The van der Waals surface area contributed by atoms with Crippen molar-refractivity contribution in [3.05, 3.63) is 60.5 Å². The number of likely N-dealkylation sites (N-methyl/N-ethyl adjacent to an activating group) is 1. The highest BCUT2D eigenvalue weighted by Crippen LogP contribution is 2.25. The number of aromatic nitrogens is 3. The summed E-state index contributed by atoms with van der Waals surface area (Å²) in [5.74, 6) is 0.681. The molecule has 0 aliphatic rings. The Hall–Kier alpha value is -2.08. The molecule has 0 atom stereocenters. The second kappa shape index (κ2) is 8.08. The normalized spacial score (nSPS) is 10.9. The lowest BCUT2D eigenvalue weighted by Gasteiger charge is -2.10. The van der Waals surface area contributed by atoms with Crippen LogP contribution in [0.15, 0.2) is 54.7 Å². The Morgan fingerprint density at radius 3 is 2.27 bits per heavy atom. The Morgan fingerprint density at radius 2 is 1.62 bits per heavy atom. The number of hydrogen-bond donors (Lipinski definition) is 0. The Balaban J connectivity index is 0.00000121. The van der Waals surface area contributed by atoms with Gasteiger partial charge in [0.2, 0.25) is 5.78 Å². The van der Waals surface area contributed by atoms with Gasteiger partial charge in [-0.2, -0.15) is 0 Å². The molecule has 4 nitrogen and oxygen atoms in total. The SMILES string of the molecule is CN(C)CCn1c2ccccc2n2cc(-c3ccc(F)cc3)nc12.Cl.Cl. The molecule has 0 aliphatic heterocycles. The van der Waals surface area contributed by atoms with Crippen LogP contribution in [-0.4, -0.2) is 39.5 Å². The topological polar surface area (TPSA) is 25.5 Å². The van der Waals surface area contributed by atoms with Gasteiger partial charge in [-0.05, 0) is 50.5 Å². The average molecular weight is 395 g/mol. The lowest BCUT2D eigenvalue weighted by molar-refractivity contribution is 0.388. The molecule has 138 valence electrons. The van der Waals surface area contributed by atoms with Gasteiger partial charge in [0.1, 0.15) is 5.82 Å². The molecule has 4 rings (SSSR count). The zero-order valence-corrected chi connectivity index (χ0v) is 16.2. The van der Waals surface area contributed by atoms with Crippen LogP contribution < -0.4 is 0 Å². The molecule has 0 radical (unpaired) electrons. The molecule has 0 spiro atoms. The molecular weight excluding hydrogens is 374 g/mol. The van der Waals surface area contributed by atoms with Gasteiger partial charge in [0.05, 0.1) is 16.7 Å². The minimum Gasteiger partial charge on any atom is -0.308 e. The number of halogens is 3. The zero-order valence-electron chi connectivity index (χ0n) is 14.6. The minimum absolute atomic E-state index is 0. The predicted molar refractivity (Wildman–Crippen MR) is 109 cm³/mol. The highest BCUT2D eigenvalue weighted by Gasteiger charge is 2.14. The molecule has 2 aromatic heterocycles. The van der Waals surface area contributed by atoms with E-state index in [0.717, 1.165) is 35.6 Å². The van der Waals surface area contributed by atoms with E-state index in [1.165, 1.54) is 17.6 Å². The number of para-hydroxylation sites is 2. The first-order valence-electron chi connectivity index (χ1n) is 8.00. The Morgan fingerprint density at radius 1 is 0.962 bits per heavy atom. The second-order valence-electron chi connectivity index (χ2n) is 6.25. The number of fused-ring (bicyclic) bond motifs is 3. The van der Waals surface area contributed by atoms with Crippen LogP contribution in [0.3, 0.4) is 0 Å². The first-order valence-corrected chi connectivity index (χ1v) is 8.00. The second-order valence-corrected chi connectivity index (χ2v) is 6.25. The molecule has 0 fully saturated rings. The van der Waals surface area contributed by atoms with E-state index in [1.807, 2.05) is 12.3 Å². The molecule has 26 heavy (non-hydrogen) atoms. The van der Waals surface area contributed by atoms with Crippen molar-refractivity contribution in [1.29, 1.82) is 0 Å². The third kappa shape index (κ3) is 3.56. The summed E-state index contributed by atoms with van der Waals surface area (Å²) in [5, 5.41) is 0. The van der Waals surface area contributed by atoms with Crippen LogP contribution in [0.5, 0.6) is 0 Å². The summed E-state index contributed by atoms with van der Waals surface area (Å²) in [7, 11) is 4.14. The molecule has 0 bridgehead atoms. The van der Waals surface area contributed by atoms with Crippen LogP contribution >= 0.6 is 24.8 Å². The largest absolute Gasteiger partial charge is 0.308 e. The van der Waals surface area contributed by atoms with E-state index in [0.29, 0.717) is 0 Å². The summed E-state index contributed by atoms with van der Waals surface area (Å²) in [6, 6.07) is 14.8. The van der Waals surface area contributed by atoms with Crippen molar-refractivity contribution in [2.45, 2.75) is 6.54 Å². The van der Waals surface area contributed by atoms with E-state index in [-0.39, 0.29) is 30.6 Å². The molecule has 0 unspecified atom stereocenters. The van der Waals surface area contributed by atoms with Crippen LogP contribution in [0, 0.1) is 5.82 Å². The minimum atomic E-state index is -0.233. The summed E-state index contributed by atoms with van der Waals surface area (Å²) in [6.45, 7) is 1.80. The van der Waals surface area contributed by atoms with Gasteiger partial charge >= 0.3 is 0 Å². The van der Waals surface area contributed by atoms with Crippen molar-refractivity contribution >= 4 is 41.6 Å². The highest BCUT2D eigenvalue weighted by molar-refractivity contribution is 5.85. The van der Waals surface area contributed by atoms with Gasteiger partial charge in [-0.15, -0.1) is 24.8 Å². The molecule has 4 aromatic rings. The lowest BCUT2D eigenvalue weighted by atomic mass is 10.2. The summed E-state index contributed by atoms with van der Waals surface area (Å²) in [6.07, 6.45) is 2.02. The molecule has 0 amide bonds. The van der Waals surface area contributed by atoms with Gasteiger partial charge in [0.25, 0.3) is 0 Å². The van der Waals surface area contributed by atoms with E-state index in [2.05, 4.69) is 46.2 Å². The van der Waals surface area contributed by atoms with Gasteiger partial charge in [0, 0.05) is 24.8 Å². The van der Waals surface area contributed by atoms with Crippen molar-refractivity contribution in [2.75, 3.05) is 20.6 Å². The molecule has 0 saturated heterocycles. The van der Waals surface area contributed by atoms with Gasteiger partial charge < -0.3 is 9.47 Å². The fourth-order valence-corrected chi connectivity index (χ4v) is 3.02. The average Bonchev–Trinajstić information content (AvgIpc) is 3.11. The van der Waals surface area contributed by atoms with Gasteiger partial charge in [0.15, 0.2) is 0 Å². The maximum absolute atomic E-state index is 13.2. The van der Waals surface area contributed by atoms with Crippen LogP contribution in [0.4, 0.5) is 4.39 Å². The maximum atomic E-state index is 13.2. The number of imidazole rings is 2. The maximum Gasteiger partial charge on any atom is 0.215 e. The number of benzene rings is 2. The monoisotopic (exact) mass is 394 g/mol. The summed E-state index contributed by atoms with van der Waals surface area (Å²) >= 11 is 0. The number of hydrogen-bond acceptors (Lipinski definition) is 2. The fraction of sp³-hybridized carbons (Fsp3) is 0.211. The quantitative estimate of drug-likeness (QED) is 0.509. The highest BCUT2D eigenvalue weighted by atomic mass is 35.5. The molecule has 0 N–H and O–H groups in total. The zero-order chi connectivity index (χ0) is 16.7. The standard InChI is InChI=1S/C19H19FN4.2ClH/c1-22(2)11-12-23-17-5-3-4-6-18(17)24-13-16(21-19(23)24)14-7-9-15(20)10-8-14;;/h3-10,13H,11-12H2,1-2H3;2*1H. The summed E-state index contributed by atoms with van der Waals surface area (Å²) in [4.78, 5) is 6.97. The van der Waals surface area contributed by atoms with Crippen LogP contribution in [0.1, 0.15) is 0 Å². The van der Waals surface area contributed by atoms with Crippen LogP contribution in [0.2, 0.25) is 0 Å².